The maximum absolute atomic E-state index is 6.52. The molecular formula is C54H48N2O. The SMILES string of the molecule is Cc1cc2c(cc1N(c1ccc(C3CCCCC3)cc1)c1ccc3c(c1)[C@]1(CCc4ccc(N(c5ccccc5)c5ccccc5)cc41)CC3)oc1ccccc12. The molecule has 1 atom stereocenters. The molecule has 0 radical (unpaired) electrons. The number of aryl methyl sites for hydroxylation is 3. The van der Waals surface area contributed by atoms with Gasteiger partial charge in [-0.05, 0) is 158 Å². The van der Waals surface area contributed by atoms with E-state index < -0.39 is 0 Å². The fourth-order valence-corrected chi connectivity index (χ4v) is 10.7. The van der Waals surface area contributed by atoms with Crippen molar-refractivity contribution >= 4 is 56.1 Å². The number of hydrogen-bond acceptors (Lipinski definition) is 3. The summed E-state index contributed by atoms with van der Waals surface area (Å²) >= 11 is 0. The van der Waals surface area contributed by atoms with Gasteiger partial charge >= 0.3 is 0 Å². The van der Waals surface area contributed by atoms with Gasteiger partial charge in [0.2, 0.25) is 0 Å². The summed E-state index contributed by atoms with van der Waals surface area (Å²) in [5.74, 6) is 0.668. The van der Waals surface area contributed by atoms with Gasteiger partial charge in [-0.1, -0.05) is 98.1 Å². The van der Waals surface area contributed by atoms with Crippen LogP contribution in [0.25, 0.3) is 21.9 Å². The van der Waals surface area contributed by atoms with Crippen molar-refractivity contribution in [3.63, 3.8) is 0 Å². The summed E-state index contributed by atoms with van der Waals surface area (Å²) in [5.41, 5.74) is 17.6. The first-order valence-corrected chi connectivity index (χ1v) is 21.1. The quantitative estimate of drug-likeness (QED) is 0.162. The third-order valence-corrected chi connectivity index (χ3v) is 13.6. The second-order valence-electron chi connectivity index (χ2n) is 16.8. The summed E-state index contributed by atoms with van der Waals surface area (Å²) in [6.07, 6.45) is 11.1. The summed E-state index contributed by atoms with van der Waals surface area (Å²) < 4.78 is 6.52. The van der Waals surface area contributed by atoms with E-state index in [0.29, 0.717) is 5.92 Å². The van der Waals surface area contributed by atoms with Crippen molar-refractivity contribution in [3.8, 4) is 0 Å². The van der Waals surface area contributed by atoms with E-state index in [1.54, 1.807) is 0 Å². The van der Waals surface area contributed by atoms with Crippen LogP contribution in [0.15, 0.2) is 162 Å². The number of fused-ring (bicyclic) bond motifs is 7. The second-order valence-corrected chi connectivity index (χ2v) is 16.8. The number of nitrogens with zero attached hydrogens (tertiary/aromatic N) is 2. The van der Waals surface area contributed by atoms with Crippen LogP contribution in [0.5, 0.6) is 0 Å². The summed E-state index contributed by atoms with van der Waals surface area (Å²) in [5, 5.41) is 2.34. The monoisotopic (exact) mass is 740 g/mol. The van der Waals surface area contributed by atoms with E-state index >= 15 is 0 Å². The van der Waals surface area contributed by atoms with E-state index in [2.05, 4.69) is 174 Å². The average Bonchev–Trinajstić information content (AvgIpc) is 3.95. The number of para-hydroxylation sites is 3. The predicted octanol–water partition coefficient (Wildman–Crippen LogP) is 15.1. The van der Waals surface area contributed by atoms with Crippen LogP contribution in [0.4, 0.5) is 34.1 Å². The van der Waals surface area contributed by atoms with Gasteiger partial charge in [-0.3, -0.25) is 0 Å². The summed E-state index contributed by atoms with van der Waals surface area (Å²) in [6.45, 7) is 2.26. The maximum Gasteiger partial charge on any atom is 0.137 e. The Labute approximate surface area is 336 Å². The number of furan rings is 1. The Morgan fingerprint density at radius 2 is 1.05 bits per heavy atom. The normalized spacial score (nSPS) is 17.6. The zero-order valence-corrected chi connectivity index (χ0v) is 32.8. The Hall–Kier alpha value is -6.06. The minimum atomic E-state index is -0.0238. The highest BCUT2D eigenvalue weighted by Crippen LogP contribution is 2.55. The third kappa shape index (κ3) is 5.78. The van der Waals surface area contributed by atoms with E-state index in [4.69, 9.17) is 4.42 Å². The Bertz CT molecular complexity index is 2700. The molecule has 0 saturated heterocycles. The van der Waals surface area contributed by atoms with Gasteiger partial charge in [-0.25, -0.2) is 0 Å². The lowest BCUT2D eigenvalue weighted by Crippen LogP contribution is -2.22. The molecule has 8 aromatic rings. The number of hydrogen-bond donors (Lipinski definition) is 0. The molecule has 280 valence electrons. The standard InChI is InChI=1S/C54H48N2O/c1-37-33-48-47-19-11-12-20-52(47)57-53(48)36-51(37)56(44-25-21-39(22-26-44)38-13-5-2-6-14-38)46-28-24-41-30-32-54(50(41)35-46)31-29-40-23-27-45(34-49(40)54)55(42-15-7-3-8-16-42)43-17-9-4-10-18-43/h3-4,7-12,15-28,33-36,38H,2,5-6,13-14,29-32H2,1H3/t54-/m1/s1. The molecule has 7 aromatic carbocycles. The Balaban J connectivity index is 1.04. The topological polar surface area (TPSA) is 19.6 Å². The van der Waals surface area contributed by atoms with Crippen molar-refractivity contribution in [1.29, 1.82) is 0 Å². The van der Waals surface area contributed by atoms with Crippen molar-refractivity contribution in [2.75, 3.05) is 9.80 Å². The first-order chi connectivity index (χ1) is 28.1. The van der Waals surface area contributed by atoms with Crippen LogP contribution < -0.4 is 9.80 Å². The zero-order chi connectivity index (χ0) is 37.9. The molecule has 0 unspecified atom stereocenters. The minimum absolute atomic E-state index is 0.0238. The Kier molecular flexibility index (Phi) is 8.31. The molecule has 0 bridgehead atoms. The Morgan fingerprint density at radius 1 is 0.491 bits per heavy atom. The van der Waals surface area contributed by atoms with E-state index in [1.807, 2.05) is 0 Å². The maximum atomic E-state index is 6.52. The van der Waals surface area contributed by atoms with Crippen LogP contribution in [0.2, 0.25) is 0 Å². The zero-order valence-electron chi connectivity index (χ0n) is 32.8. The molecule has 3 nitrogen and oxygen atoms in total. The summed E-state index contributed by atoms with van der Waals surface area (Å²) in [4.78, 5) is 4.91. The van der Waals surface area contributed by atoms with E-state index in [1.165, 1.54) is 105 Å². The first kappa shape index (κ1) is 34.2. The van der Waals surface area contributed by atoms with E-state index in [9.17, 15) is 0 Å². The molecule has 1 fully saturated rings. The van der Waals surface area contributed by atoms with Gasteiger partial charge in [0.1, 0.15) is 11.2 Å². The Morgan fingerprint density at radius 3 is 1.70 bits per heavy atom. The van der Waals surface area contributed by atoms with Gasteiger partial charge < -0.3 is 14.2 Å². The average molecular weight is 741 g/mol. The highest BCUT2D eigenvalue weighted by molar-refractivity contribution is 6.06. The summed E-state index contributed by atoms with van der Waals surface area (Å²) in [6, 6.07) is 58.8. The van der Waals surface area contributed by atoms with Crippen molar-refractivity contribution < 1.29 is 4.42 Å². The fraction of sp³-hybridized carbons (Fsp3) is 0.222. The lowest BCUT2D eigenvalue weighted by molar-refractivity contribution is 0.443. The molecule has 57 heavy (non-hydrogen) atoms. The second kappa shape index (κ2) is 13.8. The molecule has 3 aliphatic carbocycles. The largest absolute Gasteiger partial charge is 0.456 e. The van der Waals surface area contributed by atoms with Gasteiger partial charge in [-0.15, -0.1) is 0 Å². The van der Waals surface area contributed by atoms with Crippen LogP contribution in [-0.4, -0.2) is 0 Å². The predicted molar refractivity (Wildman–Crippen MR) is 238 cm³/mol. The minimum Gasteiger partial charge on any atom is -0.456 e. The molecule has 1 saturated carbocycles. The van der Waals surface area contributed by atoms with Gasteiger partial charge in [-0.2, -0.15) is 0 Å². The fourth-order valence-electron chi connectivity index (χ4n) is 10.7. The first-order valence-electron chi connectivity index (χ1n) is 21.1. The highest BCUT2D eigenvalue weighted by atomic mass is 16.3. The van der Waals surface area contributed by atoms with Crippen molar-refractivity contribution in [3.05, 3.63) is 191 Å². The number of anilines is 6. The molecule has 1 spiro atoms. The van der Waals surface area contributed by atoms with Crippen LogP contribution in [0, 0.1) is 6.92 Å². The van der Waals surface area contributed by atoms with Gasteiger partial charge in [0.05, 0.1) is 5.69 Å². The number of rotatable bonds is 7. The van der Waals surface area contributed by atoms with E-state index in [-0.39, 0.29) is 5.41 Å². The smallest absolute Gasteiger partial charge is 0.137 e. The van der Waals surface area contributed by atoms with Crippen LogP contribution >= 0.6 is 0 Å². The molecule has 11 rings (SSSR count). The van der Waals surface area contributed by atoms with Gasteiger partial charge in [0.15, 0.2) is 0 Å². The molecule has 0 amide bonds. The van der Waals surface area contributed by atoms with Gasteiger partial charge in [0.25, 0.3) is 0 Å². The molecule has 3 heteroatoms. The molecule has 1 aromatic heterocycles. The van der Waals surface area contributed by atoms with Crippen molar-refractivity contribution in [2.45, 2.75) is 76.0 Å². The van der Waals surface area contributed by atoms with Crippen molar-refractivity contribution in [2.24, 2.45) is 0 Å². The number of benzene rings is 7. The summed E-state index contributed by atoms with van der Waals surface area (Å²) in [7, 11) is 0. The lowest BCUT2D eigenvalue weighted by atomic mass is 9.76. The van der Waals surface area contributed by atoms with Crippen LogP contribution in [0.1, 0.15) is 84.2 Å². The van der Waals surface area contributed by atoms with Crippen LogP contribution in [-0.2, 0) is 18.3 Å². The molecule has 3 aliphatic rings. The molecular weight excluding hydrogens is 693 g/mol. The molecule has 0 N–H and O–H groups in total. The molecule has 0 aliphatic heterocycles. The van der Waals surface area contributed by atoms with E-state index in [0.717, 1.165) is 42.5 Å². The van der Waals surface area contributed by atoms with Crippen molar-refractivity contribution in [1.82, 2.24) is 0 Å². The highest BCUT2D eigenvalue weighted by Gasteiger charge is 2.45. The van der Waals surface area contributed by atoms with Crippen LogP contribution in [0.3, 0.4) is 0 Å². The lowest BCUT2D eigenvalue weighted by Gasteiger charge is -2.32. The van der Waals surface area contributed by atoms with Gasteiger partial charge in [0, 0.05) is 50.7 Å². The molecule has 1 heterocycles. The third-order valence-electron chi connectivity index (χ3n) is 13.6.